The average Bonchev–Trinajstić information content (AvgIpc) is 2.74. The lowest BCUT2D eigenvalue weighted by Gasteiger charge is -1.98. The molecule has 3 aromatic rings. The van der Waals surface area contributed by atoms with Gasteiger partial charge in [0.15, 0.2) is 0 Å². The minimum atomic E-state index is 0.918. The van der Waals surface area contributed by atoms with E-state index in [0.717, 1.165) is 16.6 Å². The number of para-hydroxylation sites is 1. The topological polar surface area (TPSA) is 30.7 Å². The van der Waals surface area contributed by atoms with Crippen molar-refractivity contribution in [3.8, 4) is 5.69 Å². The maximum atomic E-state index is 4.44. The van der Waals surface area contributed by atoms with Crippen LogP contribution in [0.15, 0.2) is 55.0 Å². The van der Waals surface area contributed by atoms with Crippen LogP contribution in [-0.4, -0.2) is 14.8 Å². The number of fused-ring (bicyclic) bond motifs is 1. The van der Waals surface area contributed by atoms with Crippen molar-refractivity contribution in [3.05, 3.63) is 55.0 Å². The van der Waals surface area contributed by atoms with E-state index < -0.39 is 0 Å². The van der Waals surface area contributed by atoms with Gasteiger partial charge in [-0.1, -0.05) is 18.2 Å². The van der Waals surface area contributed by atoms with Gasteiger partial charge < -0.3 is 0 Å². The zero-order chi connectivity index (χ0) is 10.1. The fourth-order valence-electron chi connectivity index (χ4n) is 1.58. The van der Waals surface area contributed by atoms with Crippen molar-refractivity contribution in [3.63, 3.8) is 0 Å². The summed E-state index contributed by atoms with van der Waals surface area (Å²) >= 11 is 0. The molecule has 3 nitrogen and oxygen atoms in total. The lowest BCUT2D eigenvalue weighted by atomic mass is 10.3. The van der Waals surface area contributed by atoms with E-state index in [1.807, 2.05) is 47.3 Å². The first-order valence-corrected chi connectivity index (χ1v) is 4.78. The number of nitrogens with zero attached hydrogens (tertiary/aromatic N) is 3. The second-order valence-corrected chi connectivity index (χ2v) is 3.34. The molecule has 0 bridgehead atoms. The van der Waals surface area contributed by atoms with Crippen molar-refractivity contribution < 1.29 is 0 Å². The van der Waals surface area contributed by atoms with Gasteiger partial charge in [-0.2, -0.15) is 5.10 Å². The third kappa shape index (κ3) is 1.38. The normalized spacial score (nSPS) is 10.7. The molecule has 3 rings (SSSR count). The molecule has 0 radical (unpaired) electrons. The molecule has 2 aromatic heterocycles. The second kappa shape index (κ2) is 3.20. The Kier molecular flexibility index (Phi) is 1.75. The van der Waals surface area contributed by atoms with E-state index in [4.69, 9.17) is 0 Å². The van der Waals surface area contributed by atoms with Crippen molar-refractivity contribution in [2.45, 2.75) is 0 Å². The van der Waals surface area contributed by atoms with Gasteiger partial charge in [0, 0.05) is 17.8 Å². The van der Waals surface area contributed by atoms with Crippen LogP contribution in [0, 0.1) is 0 Å². The molecular weight excluding hydrogens is 186 g/mol. The van der Waals surface area contributed by atoms with Gasteiger partial charge in [-0.25, -0.2) is 4.68 Å². The van der Waals surface area contributed by atoms with Gasteiger partial charge in [0.25, 0.3) is 0 Å². The first-order chi connectivity index (χ1) is 7.43. The molecule has 0 atom stereocenters. The van der Waals surface area contributed by atoms with Gasteiger partial charge in [0.05, 0.1) is 11.9 Å². The molecule has 0 aliphatic carbocycles. The Bertz CT molecular complexity index is 551. The molecule has 0 fully saturated rings. The lowest BCUT2D eigenvalue weighted by molar-refractivity contribution is 0.895. The zero-order valence-corrected chi connectivity index (χ0v) is 8.04. The fourth-order valence-corrected chi connectivity index (χ4v) is 1.58. The Balaban J connectivity index is 2.21. The second-order valence-electron chi connectivity index (χ2n) is 3.34. The highest BCUT2D eigenvalue weighted by atomic mass is 15.3. The summed E-state index contributed by atoms with van der Waals surface area (Å²) in [6.07, 6.45) is 5.56. The van der Waals surface area contributed by atoms with E-state index in [1.165, 1.54) is 0 Å². The van der Waals surface area contributed by atoms with Crippen LogP contribution >= 0.6 is 0 Å². The molecule has 0 saturated heterocycles. The van der Waals surface area contributed by atoms with Gasteiger partial charge in [0.2, 0.25) is 0 Å². The number of aromatic nitrogens is 3. The van der Waals surface area contributed by atoms with Crippen LogP contribution in [0.3, 0.4) is 0 Å². The summed E-state index contributed by atoms with van der Waals surface area (Å²) in [5, 5.41) is 5.54. The van der Waals surface area contributed by atoms with E-state index in [9.17, 15) is 0 Å². The highest BCUT2D eigenvalue weighted by Gasteiger charge is 2.00. The van der Waals surface area contributed by atoms with Crippen molar-refractivity contribution in [1.82, 2.24) is 14.8 Å². The van der Waals surface area contributed by atoms with Crippen LogP contribution in [0.25, 0.3) is 16.6 Å². The van der Waals surface area contributed by atoms with Crippen LogP contribution in [0.5, 0.6) is 0 Å². The molecule has 2 heterocycles. The van der Waals surface area contributed by atoms with Crippen LogP contribution in [-0.2, 0) is 0 Å². The minimum Gasteiger partial charge on any atom is -0.262 e. The zero-order valence-electron chi connectivity index (χ0n) is 8.04. The fraction of sp³-hybridized carbons (Fsp3) is 0. The summed E-state index contributed by atoms with van der Waals surface area (Å²) < 4.78 is 1.87. The molecule has 0 amide bonds. The Morgan fingerprint density at radius 3 is 2.67 bits per heavy atom. The third-order valence-electron chi connectivity index (χ3n) is 2.33. The number of hydrogen-bond donors (Lipinski definition) is 0. The molecule has 0 spiro atoms. The monoisotopic (exact) mass is 195 g/mol. The van der Waals surface area contributed by atoms with Gasteiger partial charge in [-0.3, -0.25) is 4.98 Å². The average molecular weight is 195 g/mol. The number of benzene rings is 1. The van der Waals surface area contributed by atoms with Crippen LogP contribution in [0.1, 0.15) is 0 Å². The number of pyridine rings is 1. The van der Waals surface area contributed by atoms with E-state index in [-0.39, 0.29) is 0 Å². The maximum absolute atomic E-state index is 4.44. The molecule has 1 aromatic carbocycles. The lowest BCUT2D eigenvalue weighted by Crippen LogP contribution is -1.92. The van der Waals surface area contributed by atoms with Crippen LogP contribution in [0.4, 0.5) is 0 Å². The quantitative estimate of drug-likeness (QED) is 0.597. The first-order valence-electron chi connectivity index (χ1n) is 4.78. The smallest absolute Gasteiger partial charge is 0.111 e. The van der Waals surface area contributed by atoms with Crippen molar-refractivity contribution >= 4 is 10.9 Å². The van der Waals surface area contributed by atoms with Crippen molar-refractivity contribution in [1.29, 1.82) is 0 Å². The van der Waals surface area contributed by atoms with E-state index >= 15 is 0 Å². The molecule has 0 unspecified atom stereocenters. The Morgan fingerprint density at radius 1 is 1.00 bits per heavy atom. The molecule has 0 N–H and O–H groups in total. The van der Waals surface area contributed by atoms with E-state index in [0.29, 0.717) is 0 Å². The third-order valence-corrected chi connectivity index (χ3v) is 2.33. The maximum Gasteiger partial charge on any atom is 0.111 e. The summed E-state index contributed by atoms with van der Waals surface area (Å²) in [4.78, 5) is 4.04. The van der Waals surface area contributed by atoms with E-state index in [2.05, 4.69) is 10.1 Å². The van der Waals surface area contributed by atoms with Gasteiger partial charge in [0.1, 0.15) is 5.52 Å². The molecule has 15 heavy (non-hydrogen) atoms. The highest BCUT2D eigenvalue weighted by Crippen LogP contribution is 2.13. The number of hydrogen-bond acceptors (Lipinski definition) is 2. The molecule has 72 valence electrons. The molecule has 0 aliphatic rings. The summed E-state index contributed by atoms with van der Waals surface area (Å²) in [7, 11) is 0. The van der Waals surface area contributed by atoms with Crippen molar-refractivity contribution in [2.24, 2.45) is 0 Å². The van der Waals surface area contributed by atoms with Gasteiger partial charge in [-0.05, 0) is 18.2 Å². The first kappa shape index (κ1) is 8.17. The minimum absolute atomic E-state index is 0.918. The van der Waals surface area contributed by atoms with Gasteiger partial charge in [-0.15, -0.1) is 0 Å². The van der Waals surface area contributed by atoms with Crippen LogP contribution < -0.4 is 0 Å². The Labute approximate surface area is 87.0 Å². The Morgan fingerprint density at radius 2 is 1.87 bits per heavy atom. The standard InChI is InChI=1S/C12H9N3/c1-2-4-11(5-3-1)15-9-10-6-7-13-8-12(10)14-15/h1-9H. The highest BCUT2D eigenvalue weighted by molar-refractivity contribution is 5.77. The molecule has 3 heteroatoms. The molecule has 0 aliphatic heterocycles. The summed E-state index contributed by atoms with van der Waals surface area (Å²) in [6, 6.07) is 12.0. The molecular formula is C12H9N3. The van der Waals surface area contributed by atoms with Crippen molar-refractivity contribution in [2.75, 3.05) is 0 Å². The Hall–Kier alpha value is -2.16. The van der Waals surface area contributed by atoms with Gasteiger partial charge >= 0.3 is 0 Å². The predicted molar refractivity (Wildman–Crippen MR) is 58.9 cm³/mol. The molecule has 0 saturated carbocycles. The SMILES string of the molecule is c1ccc(-n2cc3ccncc3n2)cc1. The van der Waals surface area contributed by atoms with Crippen LogP contribution in [0.2, 0.25) is 0 Å². The largest absolute Gasteiger partial charge is 0.262 e. The predicted octanol–water partition coefficient (Wildman–Crippen LogP) is 2.42. The summed E-state index contributed by atoms with van der Waals surface area (Å²) in [5.74, 6) is 0. The van der Waals surface area contributed by atoms with E-state index in [1.54, 1.807) is 12.4 Å². The summed E-state index contributed by atoms with van der Waals surface area (Å²) in [6.45, 7) is 0. The number of rotatable bonds is 1. The summed E-state index contributed by atoms with van der Waals surface area (Å²) in [5.41, 5.74) is 1.98.